The van der Waals surface area contributed by atoms with Gasteiger partial charge in [0.2, 0.25) is 11.8 Å². The van der Waals surface area contributed by atoms with Crippen LogP contribution in [0.2, 0.25) is 0 Å². The minimum atomic E-state index is -0.470. The van der Waals surface area contributed by atoms with E-state index in [-0.39, 0.29) is 23.8 Å². The third-order valence-electron chi connectivity index (χ3n) is 2.63. The van der Waals surface area contributed by atoms with Crippen molar-refractivity contribution in [1.29, 1.82) is 0 Å². The van der Waals surface area contributed by atoms with E-state index in [1.165, 1.54) is 0 Å². The summed E-state index contributed by atoms with van der Waals surface area (Å²) in [5.74, 6) is 0.0444. The molecule has 0 bridgehead atoms. The van der Waals surface area contributed by atoms with Gasteiger partial charge in [-0.2, -0.15) is 0 Å². The summed E-state index contributed by atoms with van der Waals surface area (Å²) >= 11 is 0. The molecule has 2 unspecified atom stereocenters. The van der Waals surface area contributed by atoms with E-state index in [2.05, 4.69) is 10.6 Å². The van der Waals surface area contributed by atoms with Gasteiger partial charge < -0.3 is 16.4 Å². The van der Waals surface area contributed by atoms with Crippen LogP contribution in [0.15, 0.2) is 0 Å². The zero-order valence-corrected chi connectivity index (χ0v) is 9.25. The van der Waals surface area contributed by atoms with Crippen molar-refractivity contribution < 1.29 is 9.59 Å². The van der Waals surface area contributed by atoms with E-state index in [1.54, 1.807) is 0 Å². The zero-order chi connectivity index (χ0) is 11.4. The number of piperidine rings is 1. The molecule has 0 aromatic rings. The van der Waals surface area contributed by atoms with Crippen LogP contribution in [0.3, 0.4) is 0 Å². The number of hydrogen-bond donors (Lipinski definition) is 3. The number of carbonyl (C=O) groups is 2. The molecule has 2 atom stereocenters. The first-order chi connectivity index (χ1) is 7.00. The highest BCUT2D eigenvalue weighted by molar-refractivity contribution is 5.82. The van der Waals surface area contributed by atoms with Gasteiger partial charge in [-0.3, -0.25) is 9.59 Å². The smallest absolute Gasteiger partial charge is 0.237 e. The zero-order valence-electron chi connectivity index (χ0n) is 9.25. The second-order valence-electron chi connectivity index (χ2n) is 4.32. The average molecular weight is 213 g/mol. The van der Waals surface area contributed by atoms with Gasteiger partial charge in [-0.25, -0.2) is 0 Å². The third kappa shape index (κ3) is 3.51. The molecule has 4 N–H and O–H groups in total. The molecule has 0 aliphatic carbocycles. The predicted octanol–water partition coefficient (Wildman–Crippen LogP) is -0.635. The van der Waals surface area contributed by atoms with E-state index in [4.69, 9.17) is 5.73 Å². The SMILES string of the molecule is CC(C)C(N)C(=O)NC1CCC(=O)NC1. The Labute approximate surface area is 89.8 Å². The number of rotatable bonds is 3. The lowest BCUT2D eigenvalue weighted by Crippen LogP contribution is -2.53. The van der Waals surface area contributed by atoms with Crippen molar-refractivity contribution >= 4 is 11.8 Å². The van der Waals surface area contributed by atoms with Gasteiger partial charge in [0, 0.05) is 19.0 Å². The molecule has 0 saturated carbocycles. The molecule has 1 aliphatic rings. The predicted molar refractivity (Wildman–Crippen MR) is 57.0 cm³/mol. The Morgan fingerprint density at radius 2 is 2.27 bits per heavy atom. The van der Waals surface area contributed by atoms with Crippen LogP contribution in [0, 0.1) is 5.92 Å². The highest BCUT2D eigenvalue weighted by Crippen LogP contribution is 2.04. The Morgan fingerprint density at radius 3 is 2.73 bits per heavy atom. The number of carbonyl (C=O) groups excluding carboxylic acids is 2. The van der Waals surface area contributed by atoms with Crippen LogP contribution in [0.5, 0.6) is 0 Å². The normalized spacial score (nSPS) is 23.5. The van der Waals surface area contributed by atoms with Crippen molar-refractivity contribution in [2.45, 2.75) is 38.8 Å². The highest BCUT2D eigenvalue weighted by atomic mass is 16.2. The molecule has 0 radical (unpaired) electrons. The summed E-state index contributed by atoms with van der Waals surface area (Å²) in [5.41, 5.74) is 5.71. The summed E-state index contributed by atoms with van der Waals surface area (Å²) in [6.07, 6.45) is 1.17. The fourth-order valence-corrected chi connectivity index (χ4v) is 1.46. The second kappa shape index (κ2) is 5.11. The summed E-state index contributed by atoms with van der Waals surface area (Å²) in [6, 6.07) is -0.442. The van der Waals surface area contributed by atoms with Crippen molar-refractivity contribution in [2.24, 2.45) is 11.7 Å². The largest absolute Gasteiger partial charge is 0.354 e. The van der Waals surface area contributed by atoms with Crippen molar-refractivity contribution in [1.82, 2.24) is 10.6 Å². The molecule has 15 heavy (non-hydrogen) atoms. The first-order valence-corrected chi connectivity index (χ1v) is 5.33. The van der Waals surface area contributed by atoms with Gasteiger partial charge >= 0.3 is 0 Å². The van der Waals surface area contributed by atoms with Gasteiger partial charge in [-0.15, -0.1) is 0 Å². The van der Waals surface area contributed by atoms with Crippen LogP contribution >= 0.6 is 0 Å². The summed E-state index contributed by atoms with van der Waals surface area (Å²) < 4.78 is 0. The summed E-state index contributed by atoms with van der Waals surface area (Å²) in [6.45, 7) is 4.33. The fraction of sp³-hybridized carbons (Fsp3) is 0.800. The summed E-state index contributed by atoms with van der Waals surface area (Å²) in [5, 5.41) is 5.55. The topological polar surface area (TPSA) is 84.2 Å². The lowest BCUT2D eigenvalue weighted by molar-refractivity contribution is -0.126. The fourth-order valence-electron chi connectivity index (χ4n) is 1.46. The van der Waals surface area contributed by atoms with Gasteiger partial charge in [-0.1, -0.05) is 13.8 Å². The molecular formula is C10H19N3O2. The molecule has 1 saturated heterocycles. The maximum atomic E-state index is 11.6. The van der Waals surface area contributed by atoms with E-state index < -0.39 is 6.04 Å². The van der Waals surface area contributed by atoms with Crippen LogP contribution in [0.4, 0.5) is 0 Å². The lowest BCUT2D eigenvalue weighted by atomic mass is 10.0. The Bertz CT molecular complexity index is 243. The van der Waals surface area contributed by atoms with Crippen LogP contribution < -0.4 is 16.4 Å². The molecule has 1 fully saturated rings. The van der Waals surface area contributed by atoms with E-state index >= 15 is 0 Å². The maximum Gasteiger partial charge on any atom is 0.237 e. The number of hydrogen-bond acceptors (Lipinski definition) is 3. The Morgan fingerprint density at radius 1 is 1.60 bits per heavy atom. The molecule has 1 heterocycles. The molecule has 0 spiro atoms. The van der Waals surface area contributed by atoms with Crippen molar-refractivity contribution in [3.05, 3.63) is 0 Å². The first-order valence-electron chi connectivity index (χ1n) is 5.33. The highest BCUT2D eigenvalue weighted by Gasteiger charge is 2.23. The van der Waals surface area contributed by atoms with Crippen molar-refractivity contribution in [3.63, 3.8) is 0 Å². The molecular weight excluding hydrogens is 194 g/mol. The molecule has 5 nitrogen and oxygen atoms in total. The van der Waals surface area contributed by atoms with Gasteiger partial charge in [0.05, 0.1) is 6.04 Å². The third-order valence-corrected chi connectivity index (χ3v) is 2.63. The monoisotopic (exact) mass is 213 g/mol. The molecule has 5 heteroatoms. The number of nitrogens with one attached hydrogen (secondary N) is 2. The second-order valence-corrected chi connectivity index (χ2v) is 4.32. The molecule has 2 amide bonds. The van der Waals surface area contributed by atoms with Crippen molar-refractivity contribution in [2.75, 3.05) is 6.54 Å². The molecule has 1 rings (SSSR count). The van der Waals surface area contributed by atoms with Crippen LogP contribution in [-0.4, -0.2) is 30.4 Å². The quantitative estimate of drug-likeness (QED) is 0.583. The lowest BCUT2D eigenvalue weighted by Gasteiger charge is -2.25. The Kier molecular flexibility index (Phi) is 4.08. The average Bonchev–Trinajstić information content (AvgIpc) is 2.20. The molecule has 0 aromatic carbocycles. The van der Waals surface area contributed by atoms with E-state index in [9.17, 15) is 9.59 Å². The van der Waals surface area contributed by atoms with Gasteiger partial charge in [0.25, 0.3) is 0 Å². The van der Waals surface area contributed by atoms with Gasteiger partial charge in [-0.05, 0) is 12.3 Å². The molecule has 86 valence electrons. The number of nitrogens with two attached hydrogens (primary N) is 1. The molecule has 0 aromatic heterocycles. The van der Waals surface area contributed by atoms with E-state index in [0.717, 1.165) is 0 Å². The van der Waals surface area contributed by atoms with Crippen LogP contribution in [-0.2, 0) is 9.59 Å². The van der Waals surface area contributed by atoms with E-state index in [1.807, 2.05) is 13.8 Å². The van der Waals surface area contributed by atoms with Gasteiger partial charge in [0.1, 0.15) is 0 Å². The summed E-state index contributed by atoms with van der Waals surface area (Å²) in [7, 11) is 0. The Balaban J connectivity index is 2.35. The number of amides is 2. The minimum Gasteiger partial charge on any atom is -0.354 e. The summed E-state index contributed by atoms with van der Waals surface area (Å²) in [4.78, 5) is 22.5. The van der Waals surface area contributed by atoms with Crippen LogP contribution in [0.25, 0.3) is 0 Å². The van der Waals surface area contributed by atoms with Gasteiger partial charge in [0.15, 0.2) is 0 Å². The minimum absolute atomic E-state index is 0.0278. The Hall–Kier alpha value is -1.10. The van der Waals surface area contributed by atoms with Crippen molar-refractivity contribution in [3.8, 4) is 0 Å². The van der Waals surface area contributed by atoms with Crippen LogP contribution in [0.1, 0.15) is 26.7 Å². The maximum absolute atomic E-state index is 11.6. The molecule has 1 aliphatic heterocycles. The standard InChI is InChI=1S/C10H19N3O2/c1-6(2)9(11)10(15)13-7-3-4-8(14)12-5-7/h6-7,9H,3-5,11H2,1-2H3,(H,12,14)(H,13,15). The van der Waals surface area contributed by atoms with E-state index in [0.29, 0.717) is 19.4 Å². The first kappa shape index (κ1) is 12.0.